The van der Waals surface area contributed by atoms with Gasteiger partial charge in [-0.1, -0.05) is 42.8 Å². The number of anilines is 1. The Hall–Kier alpha value is -3.33. The first-order valence-electron chi connectivity index (χ1n) is 11.0. The summed E-state index contributed by atoms with van der Waals surface area (Å²) in [5.74, 6) is -0.324. The third-order valence-electron chi connectivity index (χ3n) is 5.92. The quantitative estimate of drug-likeness (QED) is 0.526. The van der Waals surface area contributed by atoms with Gasteiger partial charge in [0.2, 0.25) is 0 Å². The molecule has 3 heterocycles. The van der Waals surface area contributed by atoms with Crippen molar-refractivity contribution in [1.82, 2.24) is 25.6 Å². The Morgan fingerprint density at radius 3 is 2.50 bits per heavy atom. The third-order valence-corrected chi connectivity index (χ3v) is 5.92. The fraction of sp³-hybridized carbons (Fsp3) is 0.435. The number of benzene rings is 1. The zero-order valence-corrected chi connectivity index (χ0v) is 18.1. The summed E-state index contributed by atoms with van der Waals surface area (Å²) in [4.78, 5) is 18.7. The number of pyridine rings is 1. The average Bonchev–Trinajstić information content (AvgIpc) is 3.37. The average molecular weight is 437 g/mol. The minimum absolute atomic E-state index is 0.341. The molecule has 1 fully saturated rings. The number of aliphatic carboxylic acids is 1. The molecule has 0 amide bonds. The number of rotatable bonds is 9. The Kier molecular flexibility index (Phi) is 7.06. The van der Waals surface area contributed by atoms with Crippen molar-refractivity contribution in [3.8, 4) is 11.1 Å². The van der Waals surface area contributed by atoms with Crippen molar-refractivity contribution in [2.75, 3.05) is 31.2 Å². The van der Waals surface area contributed by atoms with Gasteiger partial charge >= 0.3 is 5.97 Å². The first-order valence-corrected chi connectivity index (χ1v) is 11.0. The Morgan fingerprint density at radius 1 is 1.16 bits per heavy atom. The van der Waals surface area contributed by atoms with E-state index in [1.165, 1.54) is 0 Å². The molecule has 168 valence electrons. The maximum Gasteiger partial charge on any atom is 0.307 e. The second-order valence-electron chi connectivity index (χ2n) is 8.02. The second-order valence-corrected chi connectivity index (χ2v) is 8.02. The maximum absolute atomic E-state index is 11.9. The van der Waals surface area contributed by atoms with Crippen LogP contribution in [-0.2, 0) is 16.0 Å². The molecule has 2 N–H and O–H groups in total. The zero-order valence-electron chi connectivity index (χ0n) is 18.1. The number of hydrogen-bond donors (Lipinski definition) is 2. The van der Waals surface area contributed by atoms with Gasteiger partial charge in [-0.3, -0.25) is 4.79 Å². The van der Waals surface area contributed by atoms with Gasteiger partial charge in [-0.05, 0) is 36.1 Å². The predicted octanol–water partition coefficient (Wildman–Crippen LogP) is 2.93. The van der Waals surface area contributed by atoms with Crippen LogP contribution in [0.15, 0.2) is 42.6 Å². The number of H-pyrrole nitrogens is 1. The van der Waals surface area contributed by atoms with Gasteiger partial charge in [-0.2, -0.15) is 5.21 Å². The first kappa shape index (κ1) is 21.9. The molecule has 9 nitrogen and oxygen atoms in total. The molecular weight excluding hydrogens is 408 g/mol. The van der Waals surface area contributed by atoms with Crippen LogP contribution in [0, 0.1) is 5.92 Å². The summed E-state index contributed by atoms with van der Waals surface area (Å²) in [6.07, 6.45) is 3.76. The summed E-state index contributed by atoms with van der Waals surface area (Å²) in [6.45, 7) is 5.17. The number of nitrogens with zero attached hydrogens (tertiary/aromatic N) is 5. The van der Waals surface area contributed by atoms with Crippen molar-refractivity contribution in [2.45, 2.75) is 32.1 Å². The summed E-state index contributed by atoms with van der Waals surface area (Å²) in [7, 11) is 0. The van der Waals surface area contributed by atoms with Gasteiger partial charge in [0.25, 0.3) is 0 Å². The topological polar surface area (TPSA) is 117 Å². The van der Waals surface area contributed by atoms with Crippen LogP contribution in [0.1, 0.15) is 37.1 Å². The monoisotopic (exact) mass is 436 g/mol. The highest BCUT2D eigenvalue weighted by Crippen LogP contribution is 2.31. The Balaban J connectivity index is 1.49. The minimum atomic E-state index is -0.829. The van der Waals surface area contributed by atoms with Gasteiger partial charge in [-0.15, -0.1) is 10.2 Å². The van der Waals surface area contributed by atoms with Crippen molar-refractivity contribution in [1.29, 1.82) is 0 Å². The van der Waals surface area contributed by atoms with Crippen molar-refractivity contribution >= 4 is 11.8 Å². The van der Waals surface area contributed by atoms with Gasteiger partial charge in [-0.25, -0.2) is 4.98 Å². The van der Waals surface area contributed by atoms with Crippen LogP contribution >= 0.6 is 0 Å². The summed E-state index contributed by atoms with van der Waals surface area (Å²) in [5.41, 5.74) is 3.13. The van der Waals surface area contributed by atoms with E-state index < -0.39 is 11.9 Å². The number of aromatic amines is 1. The van der Waals surface area contributed by atoms with E-state index in [9.17, 15) is 9.90 Å². The lowest BCUT2D eigenvalue weighted by Crippen LogP contribution is -2.36. The molecule has 0 saturated carbocycles. The van der Waals surface area contributed by atoms with Crippen LogP contribution in [0.4, 0.5) is 5.82 Å². The van der Waals surface area contributed by atoms with Crippen LogP contribution in [0.2, 0.25) is 0 Å². The summed E-state index contributed by atoms with van der Waals surface area (Å²) >= 11 is 0. The lowest BCUT2D eigenvalue weighted by atomic mass is 9.83. The molecule has 0 unspecified atom stereocenters. The van der Waals surface area contributed by atoms with Gasteiger partial charge in [0, 0.05) is 30.8 Å². The molecule has 1 saturated heterocycles. The molecule has 1 aromatic carbocycles. The van der Waals surface area contributed by atoms with Crippen LogP contribution < -0.4 is 4.90 Å². The third kappa shape index (κ3) is 5.11. The van der Waals surface area contributed by atoms with E-state index in [0.717, 1.165) is 55.2 Å². The molecule has 0 radical (unpaired) electrons. The molecule has 9 heteroatoms. The van der Waals surface area contributed by atoms with E-state index in [2.05, 4.69) is 36.6 Å². The number of morpholine rings is 1. The fourth-order valence-corrected chi connectivity index (χ4v) is 4.17. The van der Waals surface area contributed by atoms with Crippen LogP contribution in [0.25, 0.3) is 11.1 Å². The lowest BCUT2D eigenvalue weighted by molar-refractivity contribution is -0.142. The number of aromatic nitrogens is 5. The maximum atomic E-state index is 11.9. The number of nitrogens with one attached hydrogen (secondary N) is 1. The van der Waals surface area contributed by atoms with Gasteiger partial charge in [0.1, 0.15) is 5.82 Å². The van der Waals surface area contributed by atoms with Crippen LogP contribution in [-0.4, -0.2) is 63.0 Å². The van der Waals surface area contributed by atoms with Crippen molar-refractivity contribution < 1.29 is 14.6 Å². The highest BCUT2D eigenvalue weighted by atomic mass is 16.5. The molecule has 0 spiro atoms. The van der Waals surface area contributed by atoms with E-state index in [0.29, 0.717) is 18.7 Å². The zero-order chi connectivity index (χ0) is 22.3. The van der Waals surface area contributed by atoms with Crippen molar-refractivity contribution in [2.24, 2.45) is 5.92 Å². The molecule has 2 aromatic heterocycles. The molecule has 1 aliphatic rings. The minimum Gasteiger partial charge on any atom is -0.481 e. The largest absolute Gasteiger partial charge is 0.481 e. The number of carboxylic acid groups (broad SMARTS) is 1. The van der Waals surface area contributed by atoms with Gasteiger partial charge in [0.05, 0.1) is 19.1 Å². The summed E-state index contributed by atoms with van der Waals surface area (Å²) in [5, 5.41) is 24.0. The second kappa shape index (κ2) is 10.3. The molecule has 32 heavy (non-hydrogen) atoms. The van der Waals surface area contributed by atoms with Gasteiger partial charge in [0.15, 0.2) is 5.82 Å². The van der Waals surface area contributed by atoms with E-state index >= 15 is 0 Å². The molecular formula is C23H28N6O3. The summed E-state index contributed by atoms with van der Waals surface area (Å²) < 4.78 is 5.40. The molecule has 2 atom stereocenters. The Bertz CT molecular complexity index is 986. The normalized spacial score (nSPS) is 16.0. The lowest BCUT2D eigenvalue weighted by Gasteiger charge is -2.27. The number of carbonyl (C=O) groups is 1. The molecule has 0 bridgehead atoms. The fourth-order valence-electron chi connectivity index (χ4n) is 4.17. The standard InChI is InChI=1S/C23H28N6O3/c1-2-3-19(23(30)31)20(22-25-27-28-26-22)14-16-4-6-17(7-5-16)18-8-9-21(24-15-18)29-10-12-32-13-11-29/h4-9,15,19-20H,2-3,10-14H2,1H3,(H,30,31)(H,25,26,27,28)/t19-,20-/m0/s1. The van der Waals surface area contributed by atoms with Crippen LogP contribution in [0.5, 0.6) is 0 Å². The highest BCUT2D eigenvalue weighted by Gasteiger charge is 2.32. The van der Waals surface area contributed by atoms with E-state index in [-0.39, 0.29) is 5.92 Å². The smallest absolute Gasteiger partial charge is 0.307 e. The van der Waals surface area contributed by atoms with Gasteiger partial charge < -0.3 is 14.7 Å². The molecule has 3 aromatic rings. The first-order chi connectivity index (χ1) is 15.7. The van der Waals surface area contributed by atoms with Crippen molar-refractivity contribution in [3.05, 3.63) is 54.0 Å². The SMILES string of the molecule is CCC[C@H](C(=O)O)[C@H](Cc1ccc(-c2ccc(N3CCOCC3)nc2)cc1)c1nn[nH]n1. The van der Waals surface area contributed by atoms with Crippen LogP contribution in [0.3, 0.4) is 0 Å². The number of ether oxygens (including phenoxy) is 1. The number of hydrogen-bond acceptors (Lipinski definition) is 7. The van der Waals surface area contributed by atoms with Crippen molar-refractivity contribution in [3.63, 3.8) is 0 Å². The molecule has 0 aliphatic carbocycles. The van der Waals surface area contributed by atoms with E-state index in [1.54, 1.807) is 0 Å². The molecule has 4 rings (SSSR count). The predicted molar refractivity (Wildman–Crippen MR) is 119 cm³/mol. The van der Waals surface area contributed by atoms with E-state index in [1.807, 2.05) is 43.5 Å². The summed E-state index contributed by atoms with van der Waals surface area (Å²) in [6, 6.07) is 12.3. The Morgan fingerprint density at radius 2 is 1.91 bits per heavy atom. The highest BCUT2D eigenvalue weighted by molar-refractivity contribution is 5.71. The Labute approximate surface area is 186 Å². The number of carboxylic acids is 1. The molecule has 1 aliphatic heterocycles. The van der Waals surface area contributed by atoms with E-state index in [4.69, 9.17) is 4.74 Å². The number of tetrazole rings is 1.